The zero-order valence-corrected chi connectivity index (χ0v) is 5.03. The third-order valence-electron chi connectivity index (χ3n) is 1.08. The molecule has 0 fully saturated rings. The number of aromatic carboxylic acids is 1. The summed E-state index contributed by atoms with van der Waals surface area (Å²) in [5, 5.41) is 16.9. The average Bonchev–Trinajstić information content (AvgIpc) is 2.33. The Hall–Kier alpha value is -1.36. The van der Waals surface area contributed by atoms with Crippen molar-refractivity contribution in [1.82, 2.24) is 9.97 Å². The molecule has 10 heavy (non-hydrogen) atoms. The first-order valence-electron chi connectivity index (χ1n) is 2.62. The van der Waals surface area contributed by atoms with E-state index in [0.29, 0.717) is 0 Å². The molecule has 0 radical (unpaired) electrons. The van der Waals surface area contributed by atoms with Crippen LogP contribution in [0.15, 0.2) is 6.33 Å². The van der Waals surface area contributed by atoms with Crippen molar-refractivity contribution in [3.05, 3.63) is 17.7 Å². The lowest BCUT2D eigenvalue weighted by Crippen LogP contribution is -2.01. The van der Waals surface area contributed by atoms with Gasteiger partial charge in [0.05, 0.1) is 18.6 Å². The maximum atomic E-state index is 10.2. The highest BCUT2D eigenvalue weighted by molar-refractivity contribution is 5.86. The van der Waals surface area contributed by atoms with Crippen LogP contribution in [0.5, 0.6) is 0 Å². The maximum absolute atomic E-state index is 10.2. The molecule has 0 saturated heterocycles. The van der Waals surface area contributed by atoms with E-state index < -0.39 is 5.97 Å². The Bertz CT molecular complexity index is 243. The first-order chi connectivity index (χ1) is 4.75. The number of carbonyl (C=O) groups is 1. The molecule has 1 heterocycles. The fourth-order valence-electron chi connectivity index (χ4n) is 0.626. The SMILES string of the molecule is O=C(O)c1nc[nH]c1CO. The number of rotatable bonds is 2. The summed E-state index contributed by atoms with van der Waals surface area (Å²) in [6.45, 7) is -0.332. The summed E-state index contributed by atoms with van der Waals surface area (Å²) in [6, 6.07) is 0. The molecule has 0 aliphatic heterocycles. The van der Waals surface area contributed by atoms with Crippen LogP contribution in [0.25, 0.3) is 0 Å². The van der Waals surface area contributed by atoms with E-state index in [2.05, 4.69) is 9.97 Å². The number of nitrogens with zero attached hydrogens (tertiary/aromatic N) is 1. The van der Waals surface area contributed by atoms with Gasteiger partial charge in [0.15, 0.2) is 5.69 Å². The molecular formula is C5H6N2O3. The van der Waals surface area contributed by atoms with Crippen LogP contribution in [-0.4, -0.2) is 26.2 Å². The van der Waals surface area contributed by atoms with Crippen molar-refractivity contribution in [3.8, 4) is 0 Å². The lowest BCUT2D eigenvalue weighted by molar-refractivity contribution is 0.0687. The zero-order valence-electron chi connectivity index (χ0n) is 5.03. The number of H-pyrrole nitrogens is 1. The molecule has 0 aromatic carbocycles. The number of carboxylic acid groups (broad SMARTS) is 1. The summed E-state index contributed by atoms with van der Waals surface area (Å²) in [5.41, 5.74) is 0.106. The van der Waals surface area contributed by atoms with Crippen LogP contribution in [0.4, 0.5) is 0 Å². The molecule has 0 amide bonds. The zero-order chi connectivity index (χ0) is 7.56. The molecule has 5 nitrogen and oxygen atoms in total. The van der Waals surface area contributed by atoms with Gasteiger partial charge in [-0.2, -0.15) is 0 Å². The molecule has 0 spiro atoms. The summed E-state index contributed by atoms with van der Waals surface area (Å²) in [7, 11) is 0. The van der Waals surface area contributed by atoms with Gasteiger partial charge in [-0.05, 0) is 0 Å². The number of imidazole rings is 1. The number of aromatic nitrogens is 2. The highest BCUT2D eigenvalue weighted by Gasteiger charge is 2.10. The first-order valence-corrected chi connectivity index (χ1v) is 2.62. The number of aromatic amines is 1. The average molecular weight is 142 g/mol. The lowest BCUT2D eigenvalue weighted by atomic mass is 10.3. The molecule has 0 atom stereocenters. The molecule has 3 N–H and O–H groups in total. The van der Waals surface area contributed by atoms with Crippen LogP contribution in [0, 0.1) is 0 Å². The Balaban J connectivity index is 3.01. The van der Waals surface area contributed by atoms with Gasteiger partial charge in [0.2, 0.25) is 0 Å². The van der Waals surface area contributed by atoms with Gasteiger partial charge in [-0.15, -0.1) is 0 Å². The minimum absolute atomic E-state index is 0.123. The summed E-state index contributed by atoms with van der Waals surface area (Å²) in [6.07, 6.45) is 1.23. The Morgan fingerprint density at radius 2 is 2.50 bits per heavy atom. The van der Waals surface area contributed by atoms with Crippen LogP contribution in [0.1, 0.15) is 16.2 Å². The molecule has 5 heteroatoms. The Labute approximate surface area is 56.3 Å². The lowest BCUT2D eigenvalue weighted by Gasteiger charge is -1.89. The third-order valence-corrected chi connectivity index (χ3v) is 1.08. The Morgan fingerprint density at radius 1 is 1.80 bits per heavy atom. The number of hydrogen-bond donors (Lipinski definition) is 3. The van der Waals surface area contributed by atoms with Crippen molar-refractivity contribution in [1.29, 1.82) is 0 Å². The number of nitrogens with one attached hydrogen (secondary N) is 1. The molecule has 54 valence electrons. The predicted octanol–water partition coefficient (Wildman–Crippen LogP) is -0.400. The quantitative estimate of drug-likeness (QED) is 0.524. The van der Waals surface area contributed by atoms with Crippen molar-refractivity contribution in [2.45, 2.75) is 6.61 Å². The number of aliphatic hydroxyl groups is 1. The van der Waals surface area contributed by atoms with E-state index in [0.717, 1.165) is 0 Å². The fourth-order valence-corrected chi connectivity index (χ4v) is 0.626. The van der Waals surface area contributed by atoms with Crippen LogP contribution in [-0.2, 0) is 6.61 Å². The highest BCUT2D eigenvalue weighted by Crippen LogP contribution is 2.00. The monoisotopic (exact) mass is 142 g/mol. The molecule has 0 unspecified atom stereocenters. The van der Waals surface area contributed by atoms with Crippen LogP contribution in [0.2, 0.25) is 0 Å². The predicted molar refractivity (Wildman–Crippen MR) is 31.5 cm³/mol. The molecule has 1 aromatic rings. The second kappa shape index (κ2) is 2.49. The van der Waals surface area contributed by atoms with Crippen LogP contribution < -0.4 is 0 Å². The fraction of sp³-hybridized carbons (Fsp3) is 0.200. The summed E-state index contributed by atoms with van der Waals surface area (Å²) in [5.74, 6) is -1.13. The standard InChI is InChI=1S/C5H6N2O3/c8-1-3-4(5(9)10)7-2-6-3/h2,8H,1H2,(H,6,7)(H,9,10). The molecule has 1 aromatic heterocycles. The van der Waals surface area contributed by atoms with Gasteiger partial charge in [0.25, 0.3) is 0 Å². The van der Waals surface area contributed by atoms with Gasteiger partial charge in [-0.3, -0.25) is 0 Å². The van der Waals surface area contributed by atoms with Crippen molar-refractivity contribution in [2.24, 2.45) is 0 Å². The Morgan fingerprint density at radius 3 is 2.90 bits per heavy atom. The van der Waals surface area contributed by atoms with Crippen molar-refractivity contribution < 1.29 is 15.0 Å². The largest absolute Gasteiger partial charge is 0.476 e. The molecular weight excluding hydrogens is 136 g/mol. The molecule has 0 aliphatic carbocycles. The first kappa shape index (κ1) is 6.76. The number of hydrogen-bond acceptors (Lipinski definition) is 3. The van der Waals surface area contributed by atoms with E-state index >= 15 is 0 Å². The minimum atomic E-state index is -1.13. The van der Waals surface area contributed by atoms with Gasteiger partial charge < -0.3 is 15.2 Å². The highest BCUT2D eigenvalue weighted by atomic mass is 16.4. The third kappa shape index (κ3) is 0.985. The molecule has 0 saturated carbocycles. The van der Waals surface area contributed by atoms with Crippen molar-refractivity contribution >= 4 is 5.97 Å². The molecule has 0 aliphatic rings. The number of aliphatic hydroxyl groups excluding tert-OH is 1. The van der Waals surface area contributed by atoms with Gasteiger partial charge in [0.1, 0.15) is 0 Å². The molecule has 0 bridgehead atoms. The summed E-state index contributed by atoms with van der Waals surface area (Å²) >= 11 is 0. The van der Waals surface area contributed by atoms with E-state index in [4.69, 9.17) is 10.2 Å². The van der Waals surface area contributed by atoms with Crippen molar-refractivity contribution in [2.75, 3.05) is 0 Å². The second-order valence-electron chi connectivity index (χ2n) is 1.69. The van der Waals surface area contributed by atoms with E-state index in [1.807, 2.05) is 0 Å². The van der Waals surface area contributed by atoms with E-state index in [1.165, 1.54) is 6.33 Å². The van der Waals surface area contributed by atoms with Gasteiger partial charge >= 0.3 is 5.97 Å². The van der Waals surface area contributed by atoms with Gasteiger partial charge in [0, 0.05) is 0 Å². The minimum Gasteiger partial charge on any atom is -0.476 e. The summed E-state index contributed by atoms with van der Waals surface area (Å²) < 4.78 is 0. The number of carboxylic acids is 1. The van der Waals surface area contributed by atoms with Gasteiger partial charge in [-0.1, -0.05) is 0 Å². The van der Waals surface area contributed by atoms with Crippen LogP contribution in [0.3, 0.4) is 0 Å². The maximum Gasteiger partial charge on any atom is 0.356 e. The Kier molecular flexibility index (Phi) is 1.68. The van der Waals surface area contributed by atoms with Crippen molar-refractivity contribution in [3.63, 3.8) is 0 Å². The van der Waals surface area contributed by atoms with E-state index in [-0.39, 0.29) is 18.0 Å². The summed E-state index contributed by atoms with van der Waals surface area (Å²) in [4.78, 5) is 16.2. The second-order valence-corrected chi connectivity index (χ2v) is 1.69. The normalized spacial score (nSPS) is 9.70. The van der Waals surface area contributed by atoms with E-state index in [9.17, 15) is 4.79 Å². The van der Waals surface area contributed by atoms with Crippen LogP contribution >= 0.6 is 0 Å². The smallest absolute Gasteiger partial charge is 0.356 e. The molecule has 1 rings (SSSR count). The topological polar surface area (TPSA) is 86.2 Å². The van der Waals surface area contributed by atoms with Gasteiger partial charge in [-0.25, -0.2) is 9.78 Å². The van der Waals surface area contributed by atoms with E-state index in [1.54, 1.807) is 0 Å².